The molecule has 0 aliphatic carbocycles. The highest BCUT2D eigenvalue weighted by Gasteiger charge is 2.18. The Morgan fingerprint density at radius 2 is 2.25 bits per heavy atom. The van der Waals surface area contributed by atoms with Crippen LogP contribution in [-0.2, 0) is 0 Å². The summed E-state index contributed by atoms with van der Waals surface area (Å²) in [6, 6.07) is 7.67. The molecule has 1 N–H and O–H groups in total. The summed E-state index contributed by atoms with van der Waals surface area (Å²) < 4.78 is 11.1. The Kier molecular flexibility index (Phi) is 3.31. The van der Waals surface area contributed by atoms with Crippen LogP contribution in [0.15, 0.2) is 28.7 Å². The van der Waals surface area contributed by atoms with E-state index in [2.05, 4.69) is 10.3 Å². The number of hydrogen-bond acceptors (Lipinski definition) is 4. The van der Waals surface area contributed by atoms with E-state index in [1.165, 1.54) is 0 Å². The third kappa shape index (κ3) is 2.13. The molecule has 5 heteroatoms. The molecule has 1 aliphatic rings. The summed E-state index contributed by atoms with van der Waals surface area (Å²) >= 11 is 0. The molecule has 0 spiro atoms. The van der Waals surface area contributed by atoms with E-state index in [9.17, 15) is 0 Å². The number of ether oxygens (including phenoxy) is 1. The topological polar surface area (TPSA) is 47.3 Å². The molecule has 1 fully saturated rings. The zero-order valence-corrected chi connectivity index (χ0v) is 9.50. The number of para-hydroxylation sites is 2. The van der Waals surface area contributed by atoms with Crippen LogP contribution in [0.3, 0.4) is 0 Å². The fourth-order valence-electron chi connectivity index (χ4n) is 1.77. The van der Waals surface area contributed by atoms with Crippen molar-refractivity contribution in [1.82, 2.24) is 10.3 Å². The lowest BCUT2D eigenvalue weighted by molar-refractivity contribution is 0.166. The molecule has 1 atom stereocenters. The standard InChI is InChI=1S/C11H12N2O2.ClH/c1-2-4-10-9(3-1)13-11(15-10)14-8-5-6-12-7-8;/h1-4,8,12H,5-7H2;1H. The van der Waals surface area contributed by atoms with Crippen LogP contribution in [0.2, 0.25) is 0 Å². The smallest absolute Gasteiger partial charge is 0.394 e. The molecule has 0 bridgehead atoms. The van der Waals surface area contributed by atoms with E-state index >= 15 is 0 Å². The van der Waals surface area contributed by atoms with Gasteiger partial charge < -0.3 is 14.5 Å². The lowest BCUT2D eigenvalue weighted by Gasteiger charge is -2.06. The van der Waals surface area contributed by atoms with Gasteiger partial charge >= 0.3 is 6.08 Å². The fraction of sp³-hybridized carbons (Fsp3) is 0.364. The second-order valence-electron chi connectivity index (χ2n) is 3.68. The Hall–Kier alpha value is -1.26. The zero-order chi connectivity index (χ0) is 10.1. The predicted molar refractivity (Wildman–Crippen MR) is 63.2 cm³/mol. The van der Waals surface area contributed by atoms with Crippen molar-refractivity contribution in [3.05, 3.63) is 24.3 Å². The minimum atomic E-state index is 0. The van der Waals surface area contributed by atoms with E-state index in [0.29, 0.717) is 6.08 Å². The summed E-state index contributed by atoms with van der Waals surface area (Å²) in [7, 11) is 0. The highest BCUT2D eigenvalue weighted by atomic mass is 35.5. The molecule has 1 saturated heterocycles. The average molecular weight is 241 g/mol. The summed E-state index contributed by atoms with van der Waals surface area (Å²) in [5, 5.41) is 3.23. The number of nitrogens with zero attached hydrogens (tertiary/aromatic N) is 1. The van der Waals surface area contributed by atoms with E-state index in [0.717, 1.165) is 30.6 Å². The molecule has 16 heavy (non-hydrogen) atoms. The minimum Gasteiger partial charge on any atom is -0.445 e. The lowest BCUT2D eigenvalue weighted by atomic mass is 10.3. The molecule has 1 aromatic carbocycles. The van der Waals surface area contributed by atoms with Crippen LogP contribution in [-0.4, -0.2) is 24.2 Å². The Morgan fingerprint density at radius 3 is 3.00 bits per heavy atom. The number of benzene rings is 1. The van der Waals surface area contributed by atoms with Crippen LogP contribution >= 0.6 is 12.4 Å². The summed E-state index contributed by atoms with van der Waals surface area (Å²) in [4.78, 5) is 4.26. The van der Waals surface area contributed by atoms with Crippen molar-refractivity contribution in [2.24, 2.45) is 0 Å². The van der Waals surface area contributed by atoms with Crippen molar-refractivity contribution in [2.75, 3.05) is 13.1 Å². The summed E-state index contributed by atoms with van der Waals surface area (Å²) in [5.41, 5.74) is 1.62. The van der Waals surface area contributed by atoms with Gasteiger partial charge in [0.25, 0.3) is 0 Å². The van der Waals surface area contributed by atoms with E-state index in [1.807, 2.05) is 24.3 Å². The second-order valence-corrected chi connectivity index (χ2v) is 3.68. The van der Waals surface area contributed by atoms with Crippen LogP contribution in [0.1, 0.15) is 6.42 Å². The van der Waals surface area contributed by atoms with Gasteiger partial charge in [-0.15, -0.1) is 12.4 Å². The van der Waals surface area contributed by atoms with Crippen LogP contribution < -0.4 is 10.1 Å². The van der Waals surface area contributed by atoms with Crippen LogP contribution in [0.5, 0.6) is 6.08 Å². The number of aromatic nitrogens is 1. The summed E-state index contributed by atoms with van der Waals surface area (Å²) in [5.74, 6) is 0. The Morgan fingerprint density at radius 1 is 1.38 bits per heavy atom. The van der Waals surface area contributed by atoms with Gasteiger partial charge in [0.15, 0.2) is 5.58 Å². The largest absolute Gasteiger partial charge is 0.445 e. The van der Waals surface area contributed by atoms with Gasteiger partial charge in [-0.2, -0.15) is 4.98 Å². The highest BCUT2D eigenvalue weighted by Crippen LogP contribution is 2.21. The van der Waals surface area contributed by atoms with Crippen molar-refractivity contribution in [2.45, 2.75) is 12.5 Å². The van der Waals surface area contributed by atoms with E-state index in [-0.39, 0.29) is 18.5 Å². The Balaban J connectivity index is 0.000000963. The Labute approximate surface area is 99.4 Å². The quantitative estimate of drug-likeness (QED) is 0.872. The van der Waals surface area contributed by atoms with E-state index < -0.39 is 0 Å². The van der Waals surface area contributed by atoms with Crippen molar-refractivity contribution < 1.29 is 9.15 Å². The summed E-state index contributed by atoms with van der Waals surface area (Å²) in [6.07, 6.45) is 1.58. The molecular weight excluding hydrogens is 228 g/mol. The number of rotatable bonds is 2. The van der Waals surface area contributed by atoms with Gasteiger partial charge in [0.1, 0.15) is 11.6 Å². The molecule has 1 aliphatic heterocycles. The molecule has 0 saturated carbocycles. The second kappa shape index (κ2) is 4.72. The maximum Gasteiger partial charge on any atom is 0.394 e. The number of fused-ring (bicyclic) bond motifs is 1. The number of hydrogen-bond donors (Lipinski definition) is 1. The highest BCUT2D eigenvalue weighted by molar-refractivity contribution is 5.85. The number of oxazole rings is 1. The average Bonchev–Trinajstić information content (AvgIpc) is 2.86. The molecule has 1 aromatic heterocycles. The number of halogens is 1. The lowest BCUT2D eigenvalue weighted by Crippen LogP contribution is -2.19. The van der Waals surface area contributed by atoms with Gasteiger partial charge in [-0.05, 0) is 25.1 Å². The number of nitrogens with one attached hydrogen (secondary N) is 1. The maximum atomic E-state index is 5.62. The molecular formula is C11H13ClN2O2. The van der Waals surface area contributed by atoms with Crippen molar-refractivity contribution >= 4 is 23.5 Å². The van der Waals surface area contributed by atoms with Gasteiger partial charge in [-0.1, -0.05) is 12.1 Å². The van der Waals surface area contributed by atoms with Gasteiger partial charge in [-0.3, -0.25) is 0 Å². The molecule has 2 heterocycles. The minimum absolute atomic E-state index is 0. The van der Waals surface area contributed by atoms with Crippen molar-refractivity contribution in [3.63, 3.8) is 0 Å². The van der Waals surface area contributed by atoms with E-state index in [1.54, 1.807) is 0 Å². The monoisotopic (exact) mass is 240 g/mol. The van der Waals surface area contributed by atoms with Crippen molar-refractivity contribution in [1.29, 1.82) is 0 Å². The fourth-order valence-corrected chi connectivity index (χ4v) is 1.77. The predicted octanol–water partition coefficient (Wildman–Crippen LogP) is 1.99. The first-order valence-electron chi connectivity index (χ1n) is 5.15. The molecule has 3 rings (SSSR count). The van der Waals surface area contributed by atoms with Crippen LogP contribution in [0.4, 0.5) is 0 Å². The Bertz CT molecular complexity index is 433. The SMILES string of the molecule is Cl.c1ccc2oc(OC3CCNC3)nc2c1. The molecule has 0 amide bonds. The molecule has 86 valence electrons. The van der Waals surface area contributed by atoms with Gasteiger partial charge in [0, 0.05) is 6.54 Å². The molecule has 4 nitrogen and oxygen atoms in total. The van der Waals surface area contributed by atoms with Crippen LogP contribution in [0, 0.1) is 0 Å². The van der Waals surface area contributed by atoms with Gasteiger partial charge in [0.05, 0.1) is 0 Å². The normalized spacial score (nSPS) is 19.6. The zero-order valence-electron chi connectivity index (χ0n) is 8.68. The van der Waals surface area contributed by atoms with Gasteiger partial charge in [0.2, 0.25) is 0 Å². The van der Waals surface area contributed by atoms with Crippen LogP contribution in [0.25, 0.3) is 11.1 Å². The van der Waals surface area contributed by atoms with Gasteiger partial charge in [-0.25, -0.2) is 0 Å². The molecule has 1 unspecified atom stereocenters. The third-order valence-electron chi connectivity index (χ3n) is 2.56. The maximum absolute atomic E-state index is 5.62. The van der Waals surface area contributed by atoms with Crippen molar-refractivity contribution in [3.8, 4) is 6.08 Å². The first-order valence-corrected chi connectivity index (χ1v) is 5.15. The first-order chi connectivity index (χ1) is 7.42. The molecule has 2 aromatic rings. The molecule has 0 radical (unpaired) electrons. The first kappa shape index (κ1) is 11.2. The summed E-state index contributed by atoms with van der Waals surface area (Å²) in [6.45, 7) is 1.88. The van der Waals surface area contributed by atoms with E-state index in [4.69, 9.17) is 9.15 Å². The third-order valence-corrected chi connectivity index (χ3v) is 2.56.